The van der Waals surface area contributed by atoms with Crippen molar-refractivity contribution in [2.45, 2.75) is 46.3 Å². The van der Waals surface area contributed by atoms with E-state index >= 15 is 0 Å². The van der Waals surface area contributed by atoms with Gasteiger partial charge in [-0.2, -0.15) is 0 Å². The zero-order valence-electron chi connectivity index (χ0n) is 17.6. The predicted molar refractivity (Wildman–Crippen MR) is 120 cm³/mol. The molecule has 1 aliphatic rings. The molecule has 1 aromatic heterocycles. The number of halogens is 1. The summed E-state index contributed by atoms with van der Waals surface area (Å²) in [6, 6.07) is 16.4. The molecule has 6 heteroatoms. The van der Waals surface area contributed by atoms with Crippen molar-refractivity contribution >= 4 is 11.6 Å². The van der Waals surface area contributed by atoms with Crippen molar-refractivity contribution in [3.63, 3.8) is 0 Å². The molecule has 0 amide bonds. The van der Waals surface area contributed by atoms with Gasteiger partial charge < -0.3 is 14.0 Å². The Kier molecular flexibility index (Phi) is 6.60. The summed E-state index contributed by atoms with van der Waals surface area (Å²) in [4.78, 5) is 7.11. The van der Waals surface area contributed by atoms with Crippen LogP contribution in [0.15, 0.2) is 48.5 Å². The standard InChI is InChI=1S/C24H28ClN3O2/c1-3-5-13-28-20(23(25)26-24(28)19-9-7-6-8-10-19)16-27(4-2)15-18-11-12-21-22(14-18)30-17-29-21/h6-12,14H,3-5,13,15-17H2,1-2H3. The first-order valence-electron chi connectivity index (χ1n) is 10.6. The van der Waals surface area contributed by atoms with E-state index in [4.69, 9.17) is 26.1 Å². The monoisotopic (exact) mass is 425 g/mol. The highest BCUT2D eigenvalue weighted by molar-refractivity contribution is 6.30. The van der Waals surface area contributed by atoms with Crippen LogP contribution in [0.1, 0.15) is 37.9 Å². The van der Waals surface area contributed by atoms with Gasteiger partial charge in [0.2, 0.25) is 6.79 Å². The summed E-state index contributed by atoms with van der Waals surface area (Å²) in [5, 5.41) is 0.592. The van der Waals surface area contributed by atoms with Gasteiger partial charge in [0.15, 0.2) is 16.7 Å². The highest BCUT2D eigenvalue weighted by Gasteiger charge is 2.20. The lowest BCUT2D eigenvalue weighted by Crippen LogP contribution is -2.24. The van der Waals surface area contributed by atoms with E-state index in [-0.39, 0.29) is 0 Å². The smallest absolute Gasteiger partial charge is 0.231 e. The molecule has 2 aromatic carbocycles. The lowest BCUT2D eigenvalue weighted by Gasteiger charge is -2.22. The third kappa shape index (κ3) is 4.47. The number of rotatable bonds is 9. The van der Waals surface area contributed by atoms with Crippen LogP contribution in [-0.4, -0.2) is 27.8 Å². The van der Waals surface area contributed by atoms with Gasteiger partial charge in [-0.1, -0.05) is 68.3 Å². The van der Waals surface area contributed by atoms with Gasteiger partial charge in [0.1, 0.15) is 5.82 Å². The van der Waals surface area contributed by atoms with Crippen LogP contribution in [0.4, 0.5) is 0 Å². The number of hydrogen-bond acceptors (Lipinski definition) is 4. The molecule has 0 radical (unpaired) electrons. The number of unbranched alkanes of at least 4 members (excludes halogenated alkanes) is 1. The fraction of sp³-hybridized carbons (Fsp3) is 0.375. The minimum Gasteiger partial charge on any atom is -0.454 e. The molecule has 0 atom stereocenters. The SMILES string of the molecule is CCCCn1c(-c2ccccc2)nc(Cl)c1CN(CC)Cc1ccc2c(c1)OCO2. The largest absolute Gasteiger partial charge is 0.454 e. The Morgan fingerprint density at radius 2 is 1.83 bits per heavy atom. The molecule has 0 aliphatic carbocycles. The average Bonchev–Trinajstić information content (AvgIpc) is 3.36. The van der Waals surface area contributed by atoms with Crippen LogP contribution in [0.3, 0.4) is 0 Å². The zero-order valence-corrected chi connectivity index (χ0v) is 18.4. The number of aromatic nitrogens is 2. The fourth-order valence-corrected chi connectivity index (χ4v) is 4.00. The van der Waals surface area contributed by atoms with Crippen LogP contribution in [0, 0.1) is 0 Å². The lowest BCUT2D eigenvalue weighted by molar-refractivity contribution is 0.174. The first-order chi connectivity index (χ1) is 14.7. The number of fused-ring (bicyclic) bond motifs is 1. The molecule has 0 spiro atoms. The molecule has 2 heterocycles. The third-order valence-corrected chi connectivity index (χ3v) is 5.76. The van der Waals surface area contributed by atoms with Gasteiger partial charge in [0.05, 0.1) is 5.69 Å². The summed E-state index contributed by atoms with van der Waals surface area (Å²) in [6.45, 7) is 8.05. The lowest BCUT2D eigenvalue weighted by atomic mass is 10.2. The summed E-state index contributed by atoms with van der Waals surface area (Å²) >= 11 is 6.66. The van der Waals surface area contributed by atoms with Gasteiger partial charge in [-0.05, 0) is 30.7 Å². The van der Waals surface area contributed by atoms with Crippen LogP contribution in [0.2, 0.25) is 5.15 Å². The Morgan fingerprint density at radius 1 is 1.03 bits per heavy atom. The van der Waals surface area contributed by atoms with Gasteiger partial charge in [-0.15, -0.1) is 0 Å². The van der Waals surface area contributed by atoms with E-state index in [9.17, 15) is 0 Å². The maximum atomic E-state index is 6.66. The quantitative estimate of drug-likeness (QED) is 0.437. The number of ether oxygens (including phenoxy) is 2. The molecular weight excluding hydrogens is 398 g/mol. The molecule has 4 rings (SSSR count). The fourth-order valence-electron chi connectivity index (χ4n) is 3.76. The van der Waals surface area contributed by atoms with Crippen molar-refractivity contribution in [3.05, 3.63) is 64.9 Å². The zero-order chi connectivity index (χ0) is 20.9. The molecule has 3 aromatic rings. The molecule has 0 saturated heterocycles. The van der Waals surface area contributed by atoms with Crippen molar-refractivity contribution in [1.82, 2.24) is 14.5 Å². The number of imidazole rings is 1. The molecule has 1 aliphatic heterocycles. The second-order valence-electron chi connectivity index (χ2n) is 7.54. The summed E-state index contributed by atoms with van der Waals surface area (Å²) in [6.07, 6.45) is 2.21. The third-order valence-electron chi connectivity index (χ3n) is 5.45. The van der Waals surface area contributed by atoms with E-state index in [1.165, 1.54) is 5.56 Å². The van der Waals surface area contributed by atoms with Crippen LogP contribution < -0.4 is 9.47 Å². The molecule has 0 saturated carbocycles. The Morgan fingerprint density at radius 3 is 2.60 bits per heavy atom. The van der Waals surface area contributed by atoms with Gasteiger partial charge >= 0.3 is 0 Å². The van der Waals surface area contributed by atoms with Gasteiger partial charge in [-0.3, -0.25) is 4.90 Å². The predicted octanol–water partition coefficient (Wildman–Crippen LogP) is 5.75. The van der Waals surface area contributed by atoms with Crippen molar-refractivity contribution < 1.29 is 9.47 Å². The number of benzene rings is 2. The van der Waals surface area contributed by atoms with Crippen LogP contribution in [-0.2, 0) is 19.6 Å². The summed E-state index contributed by atoms with van der Waals surface area (Å²) in [5.74, 6) is 2.58. The van der Waals surface area contributed by atoms with Gasteiger partial charge in [-0.25, -0.2) is 4.98 Å². The molecule has 0 fully saturated rings. The Labute approximate surface area is 183 Å². The Bertz CT molecular complexity index is 988. The molecule has 0 unspecified atom stereocenters. The normalized spacial score (nSPS) is 12.7. The summed E-state index contributed by atoms with van der Waals surface area (Å²) in [5.41, 5.74) is 3.37. The van der Waals surface area contributed by atoms with Gasteiger partial charge in [0, 0.05) is 25.2 Å². The summed E-state index contributed by atoms with van der Waals surface area (Å²) < 4.78 is 13.3. The Balaban J connectivity index is 1.59. The first kappa shape index (κ1) is 20.8. The van der Waals surface area contributed by atoms with E-state index in [0.717, 1.165) is 67.6 Å². The maximum absolute atomic E-state index is 6.66. The highest BCUT2D eigenvalue weighted by Crippen LogP contribution is 2.33. The topological polar surface area (TPSA) is 39.5 Å². The summed E-state index contributed by atoms with van der Waals surface area (Å²) in [7, 11) is 0. The van der Waals surface area contributed by atoms with Crippen molar-refractivity contribution in [1.29, 1.82) is 0 Å². The Hall–Kier alpha value is -2.50. The number of nitrogens with zero attached hydrogens (tertiary/aromatic N) is 3. The van der Waals surface area contributed by atoms with Crippen molar-refractivity contribution in [2.24, 2.45) is 0 Å². The molecule has 5 nitrogen and oxygen atoms in total. The minimum atomic E-state index is 0.296. The van der Waals surface area contributed by atoms with E-state index in [1.54, 1.807) is 0 Å². The average molecular weight is 426 g/mol. The minimum absolute atomic E-state index is 0.296. The van der Waals surface area contributed by atoms with Crippen molar-refractivity contribution in [2.75, 3.05) is 13.3 Å². The highest BCUT2D eigenvalue weighted by atomic mass is 35.5. The van der Waals surface area contributed by atoms with Crippen LogP contribution in [0.25, 0.3) is 11.4 Å². The van der Waals surface area contributed by atoms with Gasteiger partial charge in [0.25, 0.3) is 0 Å². The molecule has 0 N–H and O–H groups in total. The van der Waals surface area contributed by atoms with E-state index < -0.39 is 0 Å². The maximum Gasteiger partial charge on any atom is 0.231 e. The van der Waals surface area contributed by atoms with Crippen LogP contribution >= 0.6 is 11.6 Å². The molecule has 0 bridgehead atoms. The molecule has 30 heavy (non-hydrogen) atoms. The van der Waals surface area contributed by atoms with Crippen LogP contribution in [0.5, 0.6) is 11.5 Å². The molecular formula is C24H28ClN3O2. The number of hydrogen-bond donors (Lipinski definition) is 0. The van der Waals surface area contributed by atoms with Crippen molar-refractivity contribution in [3.8, 4) is 22.9 Å². The second-order valence-corrected chi connectivity index (χ2v) is 7.89. The van der Waals surface area contributed by atoms with E-state index in [0.29, 0.717) is 11.9 Å². The van der Waals surface area contributed by atoms with E-state index in [2.05, 4.69) is 47.6 Å². The second kappa shape index (κ2) is 9.54. The molecule has 158 valence electrons. The first-order valence-corrected chi connectivity index (χ1v) is 11.0. The van der Waals surface area contributed by atoms with E-state index in [1.807, 2.05) is 24.3 Å².